The highest BCUT2D eigenvalue weighted by Gasteiger charge is 2.15. The predicted octanol–water partition coefficient (Wildman–Crippen LogP) is 4.13. The Balaban J connectivity index is 1.97. The highest BCUT2D eigenvalue weighted by Crippen LogP contribution is 2.26. The van der Waals surface area contributed by atoms with Gasteiger partial charge in [-0.15, -0.1) is 0 Å². The highest BCUT2D eigenvalue weighted by molar-refractivity contribution is 9.10. The minimum absolute atomic E-state index is 0.300. The number of rotatable bonds is 3. The normalized spacial score (nSPS) is 10.6. The molecule has 1 aromatic carbocycles. The minimum atomic E-state index is -0.300. The van der Waals surface area contributed by atoms with Crippen molar-refractivity contribution in [3.8, 4) is 5.69 Å². The van der Waals surface area contributed by atoms with Crippen LogP contribution in [0.25, 0.3) is 5.69 Å². The molecule has 0 saturated heterocycles. The molecular formula is C14H9BrClN3O2. The number of halogens is 2. The quantitative estimate of drug-likeness (QED) is 0.758. The molecule has 3 aromatic rings. The van der Waals surface area contributed by atoms with Gasteiger partial charge >= 0.3 is 0 Å². The van der Waals surface area contributed by atoms with Gasteiger partial charge in [0.05, 0.1) is 23.2 Å². The molecule has 21 heavy (non-hydrogen) atoms. The number of nitrogens with zero attached hydrogens (tertiary/aromatic N) is 2. The number of hydrogen-bond acceptors (Lipinski definition) is 3. The number of nitrogens with one attached hydrogen (secondary N) is 1. The van der Waals surface area contributed by atoms with Crippen LogP contribution in [0.3, 0.4) is 0 Å². The van der Waals surface area contributed by atoms with Gasteiger partial charge in [-0.3, -0.25) is 4.79 Å². The second-order valence-electron chi connectivity index (χ2n) is 4.17. The Morgan fingerprint density at radius 1 is 1.38 bits per heavy atom. The lowest BCUT2D eigenvalue weighted by molar-refractivity contribution is 0.102. The van der Waals surface area contributed by atoms with Crippen molar-refractivity contribution in [2.75, 3.05) is 5.32 Å². The summed E-state index contributed by atoms with van der Waals surface area (Å²) in [5.41, 5.74) is 1.68. The van der Waals surface area contributed by atoms with Crippen LogP contribution in [0.4, 0.5) is 5.69 Å². The predicted molar refractivity (Wildman–Crippen MR) is 82.9 cm³/mol. The van der Waals surface area contributed by atoms with E-state index in [-0.39, 0.29) is 5.91 Å². The first-order valence-electron chi connectivity index (χ1n) is 5.99. The smallest absolute Gasteiger partial charge is 0.260 e. The SMILES string of the molecule is O=C(Nc1cc(Cl)ccc1-n1cccn1)c1ccoc1Br. The van der Waals surface area contributed by atoms with E-state index in [1.165, 1.54) is 6.26 Å². The molecule has 5 nitrogen and oxygen atoms in total. The summed E-state index contributed by atoms with van der Waals surface area (Å²) in [4.78, 5) is 12.3. The minimum Gasteiger partial charge on any atom is -0.457 e. The largest absolute Gasteiger partial charge is 0.457 e. The Morgan fingerprint density at radius 2 is 2.24 bits per heavy atom. The third-order valence-corrected chi connectivity index (χ3v) is 3.67. The zero-order chi connectivity index (χ0) is 14.8. The van der Waals surface area contributed by atoms with E-state index in [1.807, 2.05) is 0 Å². The molecule has 3 rings (SSSR count). The van der Waals surface area contributed by atoms with E-state index in [0.29, 0.717) is 20.9 Å². The van der Waals surface area contributed by atoms with E-state index < -0.39 is 0 Å². The molecule has 106 valence electrons. The molecule has 0 bridgehead atoms. The molecule has 7 heteroatoms. The molecule has 1 N–H and O–H groups in total. The van der Waals surface area contributed by atoms with Gasteiger partial charge in [0.1, 0.15) is 0 Å². The van der Waals surface area contributed by atoms with Gasteiger partial charge in [0.15, 0.2) is 4.67 Å². The number of furan rings is 1. The Labute approximate surface area is 133 Å². The zero-order valence-electron chi connectivity index (χ0n) is 10.6. The summed E-state index contributed by atoms with van der Waals surface area (Å²) in [6.45, 7) is 0. The first-order valence-corrected chi connectivity index (χ1v) is 7.16. The summed E-state index contributed by atoms with van der Waals surface area (Å²) >= 11 is 9.19. The number of carbonyl (C=O) groups excluding carboxylic acids is 1. The van der Waals surface area contributed by atoms with Crippen molar-refractivity contribution >= 4 is 39.1 Å². The fourth-order valence-corrected chi connectivity index (χ4v) is 2.46. The maximum atomic E-state index is 12.3. The maximum absolute atomic E-state index is 12.3. The van der Waals surface area contributed by atoms with Crippen LogP contribution in [0.15, 0.2) is 58.1 Å². The van der Waals surface area contributed by atoms with E-state index in [0.717, 1.165) is 5.69 Å². The second kappa shape index (κ2) is 5.75. The lowest BCUT2D eigenvalue weighted by atomic mass is 10.2. The Hall–Kier alpha value is -2.05. The molecule has 1 amide bonds. The Bertz CT molecular complexity index is 783. The lowest BCUT2D eigenvalue weighted by Gasteiger charge is -2.11. The average Bonchev–Trinajstić information content (AvgIpc) is 3.10. The van der Waals surface area contributed by atoms with Crippen LogP contribution in [0.5, 0.6) is 0 Å². The molecule has 0 aliphatic heterocycles. The van der Waals surface area contributed by atoms with Gasteiger partial charge < -0.3 is 9.73 Å². The maximum Gasteiger partial charge on any atom is 0.260 e. The molecule has 0 atom stereocenters. The van der Waals surface area contributed by atoms with Gasteiger partial charge in [-0.25, -0.2) is 4.68 Å². The molecule has 0 radical (unpaired) electrons. The van der Waals surface area contributed by atoms with Gasteiger partial charge in [-0.1, -0.05) is 11.6 Å². The summed E-state index contributed by atoms with van der Waals surface area (Å²) in [5.74, 6) is -0.300. The van der Waals surface area contributed by atoms with E-state index >= 15 is 0 Å². The van der Waals surface area contributed by atoms with Crippen LogP contribution in [0.2, 0.25) is 5.02 Å². The van der Waals surface area contributed by atoms with Crippen LogP contribution in [0, 0.1) is 0 Å². The van der Waals surface area contributed by atoms with Gasteiger partial charge in [-0.05, 0) is 46.3 Å². The van der Waals surface area contributed by atoms with Crippen molar-refractivity contribution in [2.45, 2.75) is 0 Å². The van der Waals surface area contributed by atoms with Crippen molar-refractivity contribution in [2.24, 2.45) is 0 Å². The van der Waals surface area contributed by atoms with Crippen molar-refractivity contribution in [1.82, 2.24) is 9.78 Å². The molecule has 0 unspecified atom stereocenters. The van der Waals surface area contributed by atoms with Crippen molar-refractivity contribution in [1.29, 1.82) is 0 Å². The standard InChI is InChI=1S/C14H9BrClN3O2/c15-13-10(4-7-21-13)14(20)18-11-8-9(16)2-3-12(11)19-6-1-5-17-19/h1-8H,(H,18,20). The van der Waals surface area contributed by atoms with Crippen LogP contribution in [-0.4, -0.2) is 15.7 Å². The third kappa shape index (κ3) is 2.86. The van der Waals surface area contributed by atoms with Crippen LogP contribution >= 0.6 is 27.5 Å². The van der Waals surface area contributed by atoms with Gasteiger partial charge in [-0.2, -0.15) is 5.10 Å². The first kappa shape index (κ1) is 13.9. The van der Waals surface area contributed by atoms with Gasteiger partial charge in [0.2, 0.25) is 0 Å². The van der Waals surface area contributed by atoms with E-state index in [4.69, 9.17) is 16.0 Å². The third-order valence-electron chi connectivity index (χ3n) is 2.82. The summed E-state index contributed by atoms with van der Waals surface area (Å²) in [6, 6.07) is 8.58. The number of amides is 1. The number of anilines is 1. The molecular weight excluding hydrogens is 358 g/mol. The van der Waals surface area contributed by atoms with Crippen molar-refractivity contribution in [3.63, 3.8) is 0 Å². The molecule has 0 saturated carbocycles. The molecule has 0 aliphatic rings. The van der Waals surface area contributed by atoms with Gasteiger partial charge in [0, 0.05) is 17.4 Å². The second-order valence-corrected chi connectivity index (χ2v) is 5.33. The van der Waals surface area contributed by atoms with Crippen LogP contribution in [0.1, 0.15) is 10.4 Å². The molecule has 0 aliphatic carbocycles. The van der Waals surface area contributed by atoms with E-state index in [1.54, 1.807) is 47.4 Å². The molecule has 0 fully saturated rings. The molecule has 2 heterocycles. The number of aromatic nitrogens is 2. The molecule has 2 aromatic heterocycles. The van der Waals surface area contributed by atoms with Crippen LogP contribution < -0.4 is 5.32 Å². The number of hydrogen-bond donors (Lipinski definition) is 1. The topological polar surface area (TPSA) is 60.1 Å². The van der Waals surface area contributed by atoms with Crippen molar-refractivity contribution in [3.05, 3.63) is 64.2 Å². The summed E-state index contributed by atoms with van der Waals surface area (Å²) in [6.07, 6.45) is 4.88. The highest BCUT2D eigenvalue weighted by atomic mass is 79.9. The average molecular weight is 367 g/mol. The lowest BCUT2D eigenvalue weighted by Crippen LogP contribution is -2.13. The summed E-state index contributed by atoms with van der Waals surface area (Å²) in [7, 11) is 0. The Kier molecular flexibility index (Phi) is 3.81. The molecule has 0 spiro atoms. The zero-order valence-corrected chi connectivity index (χ0v) is 12.9. The fourth-order valence-electron chi connectivity index (χ4n) is 1.86. The van der Waals surface area contributed by atoms with Crippen molar-refractivity contribution < 1.29 is 9.21 Å². The number of carbonyl (C=O) groups is 1. The van der Waals surface area contributed by atoms with E-state index in [2.05, 4.69) is 26.3 Å². The monoisotopic (exact) mass is 365 g/mol. The fraction of sp³-hybridized carbons (Fsp3) is 0. The number of benzene rings is 1. The Morgan fingerprint density at radius 3 is 2.90 bits per heavy atom. The van der Waals surface area contributed by atoms with E-state index in [9.17, 15) is 4.79 Å². The summed E-state index contributed by atoms with van der Waals surface area (Å²) in [5, 5.41) is 7.49. The van der Waals surface area contributed by atoms with Gasteiger partial charge in [0.25, 0.3) is 5.91 Å². The summed E-state index contributed by atoms with van der Waals surface area (Å²) < 4.78 is 7.09. The first-order chi connectivity index (χ1) is 10.1. The van der Waals surface area contributed by atoms with Crippen LogP contribution in [-0.2, 0) is 0 Å².